The third kappa shape index (κ3) is 4.74. The number of carbonyl (C=O) groups is 1. The molecule has 5 heteroatoms. The summed E-state index contributed by atoms with van der Waals surface area (Å²) >= 11 is 3.32. The first kappa shape index (κ1) is 15.1. The molecular weight excluding hydrogens is 294 g/mol. The molecule has 0 saturated heterocycles. The topological polar surface area (TPSA) is 45.2 Å². The van der Waals surface area contributed by atoms with Crippen LogP contribution < -0.4 is 5.32 Å². The third-order valence-corrected chi connectivity index (χ3v) is 3.31. The molecule has 1 aromatic rings. The lowest BCUT2D eigenvalue weighted by atomic mass is 10.3. The van der Waals surface area contributed by atoms with Crippen LogP contribution in [0.15, 0.2) is 22.8 Å². The van der Waals surface area contributed by atoms with Gasteiger partial charge in [-0.3, -0.25) is 4.79 Å². The Hall–Kier alpha value is -0.940. The zero-order valence-electron chi connectivity index (χ0n) is 10.9. The van der Waals surface area contributed by atoms with Crippen LogP contribution in [0.5, 0.6) is 0 Å². The normalized spacial score (nSPS) is 10.7. The maximum Gasteiger partial charge on any atom is 0.271 e. The molecule has 1 amide bonds. The summed E-state index contributed by atoms with van der Waals surface area (Å²) in [6.45, 7) is 7.89. The highest BCUT2D eigenvalue weighted by molar-refractivity contribution is 9.10. The van der Waals surface area contributed by atoms with Crippen molar-refractivity contribution in [3.05, 3.63) is 28.5 Å². The van der Waals surface area contributed by atoms with Gasteiger partial charge in [-0.1, -0.05) is 13.8 Å². The molecule has 0 radical (unpaired) electrons. The number of likely N-dealkylation sites (N-methyl/N-ethyl adjacent to an activating group) is 1. The SMILES string of the molecule is CCCN(CC)CCNC(=O)c1ncccc1Br. The molecule has 100 valence electrons. The molecular formula is C13H20BrN3O. The lowest BCUT2D eigenvalue weighted by Gasteiger charge is -2.19. The lowest BCUT2D eigenvalue weighted by molar-refractivity contribution is 0.0943. The first-order valence-corrected chi connectivity index (χ1v) is 7.09. The summed E-state index contributed by atoms with van der Waals surface area (Å²) in [7, 11) is 0. The number of hydrogen-bond acceptors (Lipinski definition) is 3. The van der Waals surface area contributed by atoms with E-state index in [0.717, 1.165) is 30.5 Å². The Morgan fingerprint density at radius 1 is 1.44 bits per heavy atom. The van der Waals surface area contributed by atoms with Gasteiger partial charge < -0.3 is 10.2 Å². The lowest BCUT2D eigenvalue weighted by Crippen LogP contribution is -2.35. The van der Waals surface area contributed by atoms with Crippen LogP contribution in [0.4, 0.5) is 0 Å². The van der Waals surface area contributed by atoms with E-state index in [4.69, 9.17) is 0 Å². The Kier molecular flexibility index (Phi) is 6.90. The second kappa shape index (κ2) is 8.21. The van der Waals surface area contributed by atoms with Crippen LogP contribution in [-0.2, 0) is 0 Å². The Balaban J connectivity index is 2.40. The number of aromatic nitrogens is 1. The summed E-state index contributed by atoms with van der Waals surface area (Å²) in [6.07, 6.45) is 2.75. The molecule has 1 N–H and O–H groups in total. The van der Waals surface area contributed by atoms with E-state index in [1.54, 1.807) is 12.3 Å². The molecule has 0 unspecified atom stereocenters. The van der Waals surface area contributed by atoms with Crippen molar-refractivity contribution in [3.63, 3.8) is 0 Å². The fraction of sp³-hybridized carbons (Fsp3) is 0.538. The smallest absolute Gasteiger partial charge is 0.271 e. The van der Waals surface area contributed by atoms with Crippen molar-refractivity contribution in [3.8, 4) is 0 Å². The van der Waals surface area contributed by atoms with Crippen molar-refractivity contribution in [2.24, 2.45) is 0 Å². The average molecular weight is 314 g/mol. The van der Waals surface area contributed by atoms with Crippen molar-refractivity contribution in [2.45, 2.75) is 20.3 Å². The van der Waals surface area contributed by atoms with Crippen molar-refractivity contribution < 1.29 is 4.79 Å². The van der Waals surface area contributed by atoms with E-state index >= 15 is 0 Å². The van der Waals surface area contributed by atoms with Gasteiger partial charge in [0.25, 0.3) is 5.91 Å². The molecule has 0 bridgehead atoms. The number of halogens is 1. The monoisotopic (exact) mass is 313 g/mol. The van der Waals surface area contributed by atoms with Crippen LogP contribution in [0.1, 0.15) is 30.8 Å². The van der Waals surface area contributed by atoms with Crippen molar-refractivity contribution in [1.29, 1.82) is 0 Å². The largest absolute Gasteiger partial charge is 0.349 e. The first-order valence-electron chi connectivity index (χ1n) is 6.30. The molecule has 0 fully saturated rings. The van der Waals surface area contributed by atoms with Gasteiger partial charge in [-0.25, -0.2) is 4.98 Å². The Labute approximate surface area is 117 Å². The molecule has 18 heavy (non-hydrogen) atoms. The van der Waals surface area contributed by atoms with Crippen molar-refractivity contribution in [2.75, 3.05) is 26.2 Å². The van der Waals surface area contributed by atoms with Gasteiger partial charge >= 0.3 is 0 Å². The Bertz CT molecular complexity index is 384. The van der Waals surface area contributed by atoms with E-state index in [-0.39, 0.29) is 5.91 Å². The van der Waals surface area contributed by atoms with Crippen LogP contribution in [0, 0.1) is 0 Å². The second-order valence-corrected chi connectivity index (χ2v) is 4.88. The van der Waals surface area contributed by atoms with Gasteiger partial charge in [-0.05, 0) is 47.6 Å². The van der Waals surface area contributed by atoms with E-state index in [1.165, 1.54) is 0 Å². The quantitative estimate of drug-likeness (QED) is 0.840. The molecule has 4 nitrogen and oxygen atoms in total. The fourth-order valence-corrected chi connectivity index (χ4v) is 2.14. The average Bonchev–Trinajstić information content (AvgIpc) is 2.38. The van der Waals surface area contributed by atoms with Gasteiger partial charge in [0.05, 0.1) is 0 Å². The van der Waals surface area contributed by atoms with Crippen LogP contribution in [-0.4, -0.2) is 42.0 Å². The minimum absolute atomic E-state index is 0.130. The standard InChI is InChI=1S/C13H20BrN3O/c1-3-9-17(4-2)10-8-16-13(18)12-11(14)6-5-7-15-12/h5-7H,3-4,8-10H2,1-2H3,(H,16,18). The van der Waals surface area contributed by atoms with Gasteiger partial charge in [0, 0.05) is 23.8 Å². The summed E-state index contributed by atoms with van der Waals surface area (Å²) in [5.74, 6) is -0.130. The molecule has 1 aromatic heterocycles. The van der Waals surface area contributed by atoms with Gasteiger partial charge in [0.2, 0.25) is 0 Å². The summed E-state index contributed by atoms with van der Waals surface area (Å²) < 4.78 is 0.725. The number of nitrogens with zero attached hydrogens (tertiary/aromatic N) is 2. The Morgan fingerprint density at radius 2 is 2.22 bits per heavy atom. The Morgan fingerprint density at radius 3 is 2.83 bits per heavy atom. The van der Waals surface area contributed by atoms with Gasteiger partial charge in [0.1, 0.15) is 5.69 Å². The molecule has 0 aromatic carbocycles. The second-order valence-electron chi connectivity index (χ2n) is 4.02. The van der Waals surface area contributed by atoms with E-state index in [2.05, 4.69) is 45.0 Å². The van der Waals surface area contributed by atoms with E-state index in [9.17, 15) is 4.79 Å². The van der Waals surface area contributed by atoms with Gasteiger partial charge in [0.15, 0.2) is 0 Å². The zero-order valence-corrected chi connectivity index (χ0v) is 12.5. The van der Waals surface area contributed by atoms with Crippen LogP contribution in [0.3, 0.4) is 0 Å². The highest BCUT2D eigenvalue weighted by Gasteiger charge is 2.10. The van der Waals surface area contributed by atoms with Gasteiger partial charge in [-0.2, -0.15) is 0 Å². The number of rotatable bonds is 7. The third-order valence-electron chi connectivity index (χ3n) is 2.67. The molecule has 0 saturated carbocycles. The number of hydrogen-bond donors (Lipinski definition) is 1. The maximum absolute atomic E-state index is 11.9. The molecule has 0 aliphatic carbocycles. The minimum Gasteiger partial charge on any atom is -0.349 e. The van der Waals surface area contributed by atoms with Gasteiger partial charge in [-0.15, -0.1) is 0 Å². The van der Waals surface area contributed by atoms with Crippen LogP contribution in [0.25, 0.3) is 0 Å². The summed E-state index contributed by atoms with van der Waals surface area (Å²) in [5, 5.41) is 2.89. The molecule has 0 atom stereocenters. The van der Waals surface area contributed by atoms with Crippen LogP contribution >= 0.6 is 15.9 Å². The summed E-state index contributed by atoms with van der Waals surface area (Å²) in [6, 6.07) is 3.61. The first-order chi connectivity index (χ1) is 8.69. The summed E-state index contributed by atoms with van der Waals surface area (Å²) in [4.78, 5) is 18.2. The molecule has 0 aliphatic rings. The van der Waals surface area contributed by atoms with E-state index in [0.29, 0.717) is 12.2 Å². The van der Waals surface area contributed by atoms with Crippen molar-refractivity contribution >= 4 is 21.8 Å². The molecule has 0 aliphatic heterocycles. The molecule has 1 rings (SSSR count). The predicted molar refractivity (Wildman–Crippen MR) is 76.7 cm³/mol. The highest BCUT2D eigenvalue weighted by atomic mass is 79.9. The van der Waals surface area contributed by atoms with Crippen LogP contribution in [0.2, 0.25) is 0 Å². The number of pyridine rings is 1. The van der Waals surface area contributed by atoms with E-state index < -0.39 is 0 Å². The highest BCUT2D eigenvalue weighted by Crippen LogP contribution is 2.12. The number of amides is 1. The number of nitrogens with one attached hydrogen (secondary N) is 1. The summed E-state index contributed by atoms with van der Waals surface area (Å²) in [5.41, 5.74) is 0.441. The molecule has 0 spiro atoms. The molecule has 1 heterocycles. The zero-order chi connectivity index (χ0) is 13.4. The number of carbonyl (C=O) groups excluding carboxylic acids is 1. The predicted octanol–water partition coefficient (Wildman–Crippen LogP) is 2.31. The van der Waals surface area contributed by atoms with Crippen molar-refractivity contribution in [1.82, 2.24) is 15.2 Å². The van der Waals surface area contributed by atoms with E-state index in [1.807, 2.05) is 6.07 Å². The fourth-order valence-electron chi connectivity index (χ4n) is 1.71. The minimum atomic E-state index is -0.130. The maximum atomic E-state index is 11.9.